The smallest absolute Gasteiger partial charge is 0.225 e. The van der Waals surface area contributed by atoms with Crippen molar-refractivity contribution in [2.45, 2.75) is 27.2 Å². The minimum absolute atomic E-state index is 0.305. The molecule has 14 heavy (non-hydrogen) atoms. The highest BCUT2D eigenvalue weighted by Gasteiger charge is 2.41. The summed E-state index contributed by atoms with van der Waals surface area (Å²) >= 11 is 0. The molecule has 1 rings (SSSR count). The summed E-state index contributed by atoms with van der Waals surface area (Å²) in [5, 5.41) is 0. The van der Waals surface area contributed by atoms with Crippen molar-refractivity contribution in [2.75, 3.05) is 19.6 Å². The average molecular weight is 198 g/mol. The average Bonchev–Trinajstić information content (AvgIpc) is 2.90. The van der Waals surface area contributed by atoms with Gasteiger partial charge in [-0.2, -0.15) is 0 Å². The lowest BCUT2D eigenvalue weighted by molar-refractivity contribution is -0.133. The van der Waals surface area contributed by atoms with E-state index in [0.29, 0.717) is 30.2 Å². The fourth-order valence-electron chi connectivity index (χ4n) is 1.73. The van der Waals surface area contributed by atoms with Gasteiger partial charge in [-0.3, -0.25) is 4.79 Å². The van der Waals surface area contributed by atoms with E-state index in [9.17, 15) is 4.79 Å². The molecule has 3 unspecified atom stereocenters. The Morgan fingerprint density at radius 1 is 1.64 bits per heavy atom. The van der Waals surface area contributed by atoms with Gasteiger partial charge < -0.3 is 10.6 Å². The van der Waals surface area contributed by atoms with Crippen LogP contribution in [0, 0.1) is 17.8 Å². The predicted molar refractivity (Wildman–Crippen MR) is 57.7 cm³/mol. The predicted octanol–water partition coefficient (Wildman–Crippen LogP) is 1.09. The van der Waals surface area contributed by atoms with Crippen molar-refractivity contribution in [1.29, 1.82) is 0 Å². The normalized spacial score (nSPS) is 27.1. The number of carbonyl (C=O) groups is 1. The van der Waals surface area contributed by atoms with Gasteiger partial charge in [0.2, 0.25) is 5.91 Å². The van der Waals surface area contributed by atoms with Gasteiger partial charge in [0.05, 0.1) is 0 Å². The van der Waals surface area contributed by atoms with Crippen LogP contribution < -0.4 is 5.73 Å². The maximum absolute atomic E-state index is 11.9. The van der Waals surface area contributed by atoms with Gasteiger partial charge in [-0.15, -0.1) is 0 Å². The minimum Gasteiger partial charge on any atom is -0.342 e. The van der Waals surface area contributed by atoms with Gasteiger partial charge in [-0.05, 0) is 31.7 Å². The number of nitrogens with zero attached hydrogens (tertiary/aromatic N) is 1. The van der Waals surface area contributed by atoms with Crippen LogP contribution in [0.4, 0.5) is 0 Å². The summed E-state index contributed by atoms with van der Waals surface area (Å²) in [5.74, 6) is 1.65. The maximum atomic E-state index is 11.9. The largest absolute Gasteiger partial charge is 0.342 e. The van der Waals surface area contributed by atoms with Crippen LogP contribution in [0.15, 0.2) is 0 Å². The molecule has 1 aliphatic rings. The van der Waals surface area contributed by atoms with Crippen LogP contribution in [0.3, 0.4) is 0 Å². The Morgan fingerprint density at radius 3 is 2.57 bits per heavy atom. The summed E-state index contributed by atoms with van der Waals surface area (Å²) in [6.45, 7) is 8.55. The van der Waals surface area contributed by atoms with Gasteiger partial charge in [0, 0.05) is 19.0 Å². The van der Waals surface area contributed by atoms with Gasteiger partial charge >= 0.3 is 0 Å². The van der Waals surface area contributed by atoms with E-state index in [0.717, 1.165) is 19.5 Å². The molecule has 0 spiro atoms. The molecular weight excluding hydrogens is 176 g/mol. The van der Waals surface area contributed by atoms with Gasteiger partial charge in [-0.25, -0.2) is 0 Å². The molecule has 1 aliphatic carbocycles. The molecule has 3 atom stereocenters. The molecule has 3 heteroatoms. The second-order valence-corrected chi connectivity index (χ2v) is 4.54. The van der Waals surface area contributed by atoms with E-state index in [2.05, 4.69) is 13.8 Å². The quantitative estimate of drug-likeness (QED) is 0.718. The molecule has 1 fully saturated rings. The molecule has 0 aromatic carbocycles. The van der Waals surface area contributed by atoms with Crippen molar-refractivity contribution in [1.82, 2.24) is 4.90 Å². The first kappa shape index (κ1) is 11.5. The Morgan fingerprint density at radius 2 is 2.21 bits per heavy atom. The lowest BCUT2D eigenvalue weighted by atomic mass is 10.1. The van der Waals surface area contributed by atoms with Crippen LogP contribution in [0.25, 0.3) is 0 Å². The van der Waals surface area contributed by atoms with Crippen LogP contribution >= 0.6 is 0 Å². The highest BCUT2D eigenvalue weighted by atomic mass is 16.2. The van der Waals surface area contributed by atoms with Crippen molar-refractivity contribution in [3.63, 3.8) is 0 Å². The van der Waals surface area contributed by atoms with Crippen LogP contribution in [-0.2, 0) is 4.79 Å². The molecule has 0 aromatic heterocycles. The van der Waals surface area contributed by atoms with Crippen LogP contribution in [0.5, 0.6) is 0 Å². The van der Waals surface area contributed by atoms with E-state index >= 15 is 0 Å². The van der Waals surface area contributed by atoms with E-state index in [-0.39, 0.29) is 0 Å². The monoisotopic (exact) mass is 198 g/mol. The summed E-state index contributed by atoms with van der Waals surface area (Å²) in [5.41, 5.74) is 5.56. The number of hydrogen-bond acceptors (Lipinski definition) is 2. The number of carbonyl (C=O) groups excluding carboxylic acids is 1. The first-order valence-corrected chi connectivity index (χ1v) is 5.59. The molecule has 0 aliphatic heterocycles. The minimum atomic E-state index is 0.305. The highest BCUT2D eigenvalue weighted by molar-refractivity contribution is 5.81. The fraction of sp³-hybridized carbons (Fsp3) is 0.909. The lowest BCUT2D eigenvalue weighted by Gasteiger charge is -2.24. The topological polar surface area (TPSA) is 46.3 Å². The standard InChI is InChI=1S/C11H22N2O/c1-4-13(7-8(2)6-12)11(14)10-5-9(10)3/h8-10H,4-7,12H2,1-3H3. The zero-order valence-corrected chi connectivity index (χ0v) is 9.49. The Hall–Kier alpha value is -0.570. The summed E-state index contributed by atoms with van der Waals surface area (Å²) in [6, 6.07) is 0. The number of hydrogen-bond donors (Lipinski definition) is 1. The van der Waals surface area contributed by atoms with Gasteiger partial charge in [0.25, 0.3) is 0 Å². The molecule has 0 saturated heterocycles. The Labute approximate surface area is 86.6 Å². The van der Waals surface area contributed by atoms with Crippen LogP contribution in [0.1, 0.15) is 27.2 Å². The van der Waals surface area contributed by atoms with Gasteiger partial charge in [-0.1, -0.05) is 13.8 Å². The zero-order valence-electron chi connectivity index (χ0n) is 9.49. The number of nitrogens with two attached hydrogens (primary N) is 1. The summed E-state index contributed by atoms with van der Waals surface area (Å²) in [7, 11) is 0. The van der Waals surface area contributed by atoms with Crippen molar-refractivity contribution in [3.8, 4) is 0 Å². The first-order chi connectivity index (χ1) is 6.60. The number of amides is 1. The summed E-state index contributed by atoms with van der Waals surface area (Å²) < 4.78 is 0. The first-order valence-electron chi connectivity index (χ1n) is 5.59. The molecule has 3 nitrogen and oxygen atoms in total. The van der Waals surface area contributed by atoms with Crippen LogP contribution in [0.2, 0.25) is 0 Å². The third-order valence-electron chi connectivity index (χ3n) is 3.05. The second kappa shape index (κ2) is 4.78. The second-order valence-electron chi connectivity index (χ2n) is 4.54. The van der Waals surface area contributed by atoms with Gasteiger partial charge in [0.15, 0.2) is 0 Å². The summed E-state index contributed by atoms with van der Waals surface area (Å²) in [4.78, 5) is 13.8. The van der Waals surface area contributed by atoms with E-state index in [1.54, 1.807) is 0 Å². The Bertz CT molecular complexity index is 205. The van der Waals surface area contributed by atoms with Gasteiger partial charge in [0.1, 0.15) is 0 Å². The van der Waals surface area contributed by atoms with E-state index in [4.69, 9.17) is 5.73 Å². The molecule has 82 valence electrons. The van der Waals surface area contributed by atoms with Crippen molar-refractivity contribution < 1.29 is 4.79 Å². The fourth-order valence-corrected chi connectivity index (χ4v) is 1.73. The Kier molecular flexibility index (Phi) is 3.93. The molecule has 0 aromatic rings. The van der Waals surface area contributed by atoms with Crippen molar-refractivity contribution in [3.05, 3.63) is 0 Å². The Balaban J connectivity index is 2.41. The molecular formula is C11H22N2O. The molecule has 2 N–H and O–H groups in total. The highest BCUT2D eigenvalue weighted by Crippen LogP contribution is 2.39. The zero-order chi connectivity index (χ0) is 10.7. The maximum Gasteiger partial charge on any atom is 0.225 e. The SMILES string of the molecule is CCN(CC(C)CN)C(=O)C1CC1C. The molecule has 1 amide bonds. The lowest BCUT2D eigenvalue weighted by Crippen LogP contribution is -2.37. The summed E-state index contributed by atoms with van der Waals surface area (Å²) in [6.07, 6.45) is 1.08. The molecule has 0 bridgehead atoms. The third-order valence-corrected chi connectivity index (χ3v) is 3.05. The number of rotatable bonds is 5. The van der Waals surface area contributed by atoms with E-state index in [1.807, 2.05) is 11.8 Å². The molecule has 1 saturated carbocycles. The van der Waals surface area contributed by atoms with E-state index in [1.165, 1.54) is 0 Å². The van der Waals surface area contributed by atoms with Crippen LogP contribution in [-0.4, -0.2) is 30.4 Å². The van der Waals surface area contributed by atoms with Crippen molar-refractivity contribution >= 4 is 5.91 Å². The third kappa shape index (κ3) is 2.71. The van der Waals surface area contributed by atoms with Crippen molar-refractivity contribution in [2.24, 2.45) is 23.5 Å². The van der Waals surface area contributed by atoms with E-state index < -0.39 is 0 Å². The molecule has 0 heterocycles. The molecule has 0 radical (unpaired) electrons.